The average molecular weight is 661 g/mol. The zero-order valence-corrected chi connectivity index (χ0v) is 30.2. The Balaban J connectivity index is 0.00000386. The number of aryl methyl sites for hydroxylation is 1. The number of nitrogens with zero attached hydrogens (tertiary/aromatic N) is 6. The summed E-state index contributed by atoms with van der Waals surface area (Å²) in [6.07, 6.45) is 8.79. The molecule has 1 atom stereocenters. The van der Waals surface area contributed by atoms with E-state index in [-0.39, 0.29) is 74.5 Å². The minimum Gasteiger partial charge on any atom is -0.377 e. The molecule has 4 aromatic rings. The minimum atomic E-state index is -1.23. The number of ether oxygens (including phenoxy) is 1. The fraction of sp³-hybridized carbons (Fsp3) is 0.457. The molecule has 2 saturated carbocycles. The Morgan fingerprint density at radius 1 is 1.11 bits per heavy atom. The van der Waals surface area contributed by atoms with E-state index in [0.717, 1.165) is 91.3 Å². The van der Waals surface area contributed by atoms with Gasteiger partial charge in [0.15, 0.2) is 5.84 Å². The molecule has 0 bridgehead atoms. The van der Waals surface area contributed by atoms with Gasteiger partial charge in [0.1, 0.15) is 6.33 Å². The zero-order valence-electron chi connectivity index (χ0n) is 27.1. The smallest absolute Gasteiger partial charge is 0.377 e. The molecule has 3 heterocycles. The van der Waals surface area contributed by atoms with E-state index in [0.29, 0.717) is 24.6 Å². The first-order chi connectivity index (χ1) is 22.5. The molecule has 0 saturated heterocycles. The van der Waals surface area contributed by atoms with Gasteiger partial charge >= 0.3 is 51.4 Å². The zero-order chi connectivity index (χ0) is 31.7. The van der Waals surface area contributed by atoms with Crippen LogP contribution in [0, 0.1) is 16.7 Å². The second-order valence-corrected chi connectivity index (χ2v) is 12.8. The first-order valence-electron chi connectivity index (χ1n) is 16.3. The summed E-state index contributed by atoms with van der Waals surface area (Å²) in [6, 6.07) is 18.5. The number of amidine groups is 1. The van der Waals surface area contributed by atoms with Crippen LogP contribution in [0.5, 0.6) is 0 Å². The molecule has 2 aromatic carbocycles. The van der Waals surface area contributed by atoms with Gasteiger partial charge in [-0.3, -0.25) is 9.36 Å². The molecule has 0 amide bonds. The number of hydroxylamine groups is 1. The number of aliphatic hydroxyl groups is 1. The predicted octanol–water partition coefficient (Wildman–Crippen LogP) is 1.86. The molecule has 12 heteroatoms. The normalized spacial score (nSPS) is 21.7. The van der Waals surface area contributed by atoms with Gasteiger partial charge in [-0.05, 0) is 61.6 Å². The van der Waals surface area contributed by atoms with Crippen molar-refractivity contribution in [2.24, 2.45) is 10.4 Å². The molecule has 1 unspecified atom stereocenters. The van der Waals surface area contributed by atoms with Gasteiger partial charge in [-0.15, -0.1) is 0 Å². The van der Waals surface area contributed by atoms with Crippen LogP contribution in [0.4, 0.5) is 0 Å². The monoisotopic (exact) mass is 660 g/mol. The van der Waals surface area contributed by atoms with Crippen LogP contribution in [0.2, 0.25) is 0 Å². The van der Waals surface area contributed by atoms with Crippen LogP contribution in [0.15, 0.2) is 64.6 Å². The van der Waals surface area contributed by atoms with Gasteiger partial charge in [0, 0.05) is 23.6 Å². The summed E-state index contributed by atoms with van der Waals surface area (Å²) in [6.45, 7) is 2.62. The summed E-state index contributed by atoms with van der Waals surface area (Å²) in [5.74, 6) is 1.08. The van der Waals surface area contributed by atoms with Gasteiger partial charge < -0.3 is 9.84 Å². The van der Waals surface area contributed by atoms with Crippen LogP contribution in [-0.2, 0) is 22.4 Å². The van der Waals surface area contributed by atoms with E-state index in [1.165, 1.54) is 0 Å². The Hall–Kier alpha value is -2.73. The molecule has 0 spiro atoms. The van der Waals surface area contributed by atoms with Crippen LogP contribution < -0.4 is 62.4 Å². The maximum atomic E-state index is 14.4. The molecular formula is C35H39KN7O4+. The van der Waals surface area contributed by atoms with Crippen molar-refractivity contribution in [1.82, 2.24) is 24.6 Å². The summed E-state index contributed by atoms with van der Waals surface area (Å²) < 4.78 is 9.97. The molecule has 2 N–H and O–H groups in total. The van der Waals surface area contributed by atoms with Crippen LogP contribution >= 0.6 is 0 Å². The van der Waals surface area contributed by atoms with Gasteiger partial charge in [0.25, 0.3) is 12.0 Å². The Labute approximate surface area is 316 Å². The van der Waals surface area contributed by atoms with Crippen LogP contribution in [0.25, 0.3) is 16.9 Å². The number of hydrogen-bond donors (Lipinski definition) is 2. The van der Waals surface area contributed by atoms with E-state index in [9.17, 15) is 15.2 Å². The molecule has 3 aliphatic rings. The van der Waals surface area contributed by atoms with E-state index < -0.39 is 6.41 Å². The fourth-order valence-corrected chi connectivity index (χ4v) is 7.06. The van der Waals surface area contributed by atoms with Crippen molar-refractivity contribution in [1.29, 1.82) is 5.26 Å². The third-order valence-corrected chi connectivity index (χ3v) is 9.79. The van der Waals surface area contributed by atoms with Crippen molar-refractivity contribution < 1.29 is 66.1 Å². The number of aromatic nitrogens is 4. The number of nitriles is 1. The molecule has 7 rings (SSSR count). The largest absolute Gasteiger partial charge is 1.00 e. The number of hydrogen-bond acceptors (Lipinski definition) is 9. The Morgan fingerprint density at radius 3 is 2.49 bits per heavy atom. The first-order valence-corrected chi connectivity index (χ1v) is 16.3. The van der Waals surface area contributed by atoms with Crippen molar-refractivity contribution >= 4 is 11.6 Å². The van der Waals surface area contributed by atoms with Gasteiger partial charge in [0.2, 0.25) is 5.78 Å². The number of aliphatic hydroxyl groups excluding tert-OH is 1. The van der Waals surface area contributed by atoms with Crippen molar-refractivity contribution in [2.45, 2.75) is 89.7 Å². The number of benzene rings is 2. The van der Waals surface area contributed by atoms with Crippen LogP contribution in [0.3, 0.4) is 0 Å². The maximum absolute atomic E-state index is 14.4. The molecule has 1 aliphatic heterocycles. The van der Waals surface area contributed by atoms with Crippen molar-refractivity contribution in [3.05, 3.63) is 87.6 Å². The van der Waals surface area contributed by atoms with E-state index >= 15 is 0 Å². The maximum Gasteiger partial charge on any atom is 1.00 e. The summed E-state index contributed by atoms with van der Waals surface area (Å²) in [7, 11) is 0. The van der Waals surface area contributed by atoms with Gasteiger partial charge in [-0.1, -0.05) is 68.3 Å². The van der Waals surface area contributed by atoms with Gasteiger partial charge in [0.05, 0.1) is 29.9 Å². The summed E-state index contributed by atoms with van der Waals surface area (Å²) in [4.78, 5) is 28.1. The Morgan fingerprint density at radius 2 is 1.85 bits per heavy atom. The number of nitrogens with one attached hydrogen (secondary N) is 1. The van der Waals surface area contributed by atoms with Crippen LogP contribution in [0.1, 0.15) is 86.7 Å². The van der Waals surface area contributed by atoms with Crippen LogP contribution in [-0.4, -0.2) is 49.2 Å². The third-order valence-electron chi connectivity index (χ3n) is 9.79. The van der Waals surface area contributed by atoms with Gasteiger partial charge in [-0.2, -0.15) is 15.3 Å². The standard InChI is InChI=1S/C35H39N7O4.K/c1-2-6-30-29(19-23-9-11-24(12-10-23)27-7-3-4-8-28(27)31-39-34(44)46-40-31)32(43)41(33-37-22-38-42(30)33)25-13-15-26(16-14-25)45-21-35(20-36)17-5-18-35;/h3-4,7-12,22,25-26,34,44H,2,5-6,13-19,21H2,1H3,(H,39,40);/q;+1. The fourth-order valence-electron chi connectivity index (χ4n) is 7.06. The van der Waals surface area contributed by atoms with Crippen molar-refractivity contribution in [3.63, 3.8) is 0 Å². The van der Waals surface area contributed by atoms with Gasteiger partial charge in [-0.25, -0.2) is 19.8 Å². The number of aliphatic imine (C=N–C) groups is 1. The van der Waals surface area contributed by atoms with E-state index in [1.54, 1.807) is 6.33 Å². The molecule has 0 radical (unpaired) electrons. The quantitative estimate of drug-likeness (QED) is 0.246. The summed E-state index contributed by atoms with van der Waals surface area (Å²) >= 11 is 0. The number of rotatable bonds is 10. The SMILES string of the molecule is CCCc1c(Cc2ccc(-c3ccccc3C3=NC(O)ON3)cc2)c(=O)n(C2CCC(OCC3(C#N)CCC3)CC2)c2ncnn12.[K+]. The molecule has 2 fully saturated rings. The molecular weight excluding hydrogens is 622 g/mol. The van der Waals surface area contributed by atoms with Crippen molar-refractivity contribution in [2.75, 3.05) is 6.61 Å². The predicted molar refractivity (Wildman–Crippen MR) is 172 cm³/mol. The van der Waals surface area contributed by atoms with E-state index in [1.807, 2.05) is 45.5 Å². The Bertz CT molecular complexity index is 1850. The molecule has 11 nitrogen and oxygen atoms in total. The number of fused-ring (bicyclic) bond motifs is 1. The second kappa shape index (κ2) is 14.8. The molecule has 2 aromatic heterocycles. The van der Waals surface area contributed by atoms with Crippen molar-refractivity contribution in [3.8, 4) is 17.2 Å². The summed E-state index contributed by atoms with van der Waals surface area (Å²) in [5, 5.41) is 23.9. The molecule has 47 heavy (non-hydrogen) atoms. The Kier molecular flexibility index (Phi) is 10.8. The molecule has 2 aliphatic carbocycles. The van der Waals surface area contributed by atoms with E-state index in [4.69, 9.17) is 9.57 Å². The molecule has 238 valence electrons. The summed E-state index contributed by atoms with van der Waals surface area (Å²) in [5.41, 5.74) is 7.85. The minimum absolute atomic E-state index is 0. The topological polar surface area (TPSA) is 139 Å². The second-order valence-electron chi connectivity index (χ2n) is 12.8. The van der Waals surface area contributed by atoms with E-state index in [2.05, 4.69) is 45.7 Å². The average Bonchev–Trinajstić information content (AvgIpc) is 3.73. The first kappa shape index (κ1) is 34.1. The third kappa shape index (κ3) is 6.91.